The van der Waals surface area contributed by atoms with Crippen LogP contribution in [-0.2, 0) is 15.8 Å². The number of ether oxygens (including phenoxy) is 3. The van der Waals surface area contributed by atoms with Crippen molar-refractivity contribution in [3.63, 3.8) is 0 Å². The second-order valence-corrected chi connectivity index (χ2v) is 16.0. The molecule has 2 atom stereocenters. The summed E-state index contributed by atoms with van der Waals surface area (Å²) in [5.41, 5.74) is 12.7. The summed E-state index contributed by atoms with van der Waals surface area (Å²) >= 11 is 10.6. The fourth-order valence-corrected chi connectivity index (χ4v) is 9.04. The predicted octanol–water partition coefficient (Wildman–Crippen LogP) is 8.40. The number of rotatable bonds is 2. The van der Waals surface area contributed by atoms with Crippen LogP contribution < -0.4 is 25.8 Å². The van der Waals surface area contributed by atoms with Gasteiger partial charge in [0.1, 0.15) is 34.6 Å². The van der Waals surface area contributed by atoms with Gasteiger partial charge in [-0.2, -0.15) is 18.2 Å². The minimum Gasteiger partial charge on any atom is -0.462 e. The van der Waals surface area contributed by atoms with Crippen LogP contribution in [-0.4, -0.2) is 57.5 Å². The largest absolute Gasteiger partial charge is 0.462 e. The van der Waals surface area contributed by atoms with Gasteiger partial charge in [0.25, 0.3) is 23.8 Å². The normalized spacial score (nSPS) is 22.1. The van der Waals surface area contributed by atoms with E-state index in [-0.39, 0.29) is 61.0 Å². The molecule has 5 aromatic rings. The molecule has 1 saturated heterocycles. The maximum absolute atomic E-state index is 15.3. The van der Waals surface area contributed by atoms with Crippen molar-refractivity contribution in [2.75, 3.05) is 30.3 Å². The van der Waals surface area contributed by atoms with Gasteiger partial charge in [-0.25, -0.2) is 28.7 Å². The molecule has 3 aromatic heterocycles. The van der Waals surface area contributed by atoms with Crippen LogP contribution in [0.25, 0.3) is 11.1 Å². The molecule has 292 valence electrons. The molecule has 2 aromatic carbocycles. The number of hydrogen-bond acceptors (Lipinski definition) is 12. The van der Waals surface area contributed by atoms with E-state index in [1.165, 1.54) is 24.0 Å². The molecule has 0 radical (unpaired) electrons. The predicted molar refractivity (Wildman–Crippen MR) is 207 cm³/mol. The second-order valence-electron chi connectivity index (χ2n) is 13.7. The van der Waals surface area contributed by atoms with E-state index in [1.54, 1.807) is 53.4 Å². The van der Waals surface area contributed by atoms with E-state index in [0.717, 1.165) is 10.0 Å². The molecule has 5 aliphatic rings. The van der Waals surface area contributed by atoms with E-state index in [0.29, 0.717) is 50.2 Å². The highest BCUT2D eigenvalue weighted by molar-refractivity contribution is 9.10. The van der Waals surface area contributed by atoms with Crippen LogP contribution in [0.1, 0.15) is 35.1 Å². The average molecular weight is 886 g/mol. The van der Waals surface area contributed by atoms with Crippen LogP contribution in [0.15, 0.2) is 81.3 Å². The number of hydrogen-bond donors (Lipinski definition) is 2. The van der Waals surface area contributed by atoms with Gasteiger partial charge in [-0.1, -0.05) is 45.4 Å². The number of aliphatic imine (C=N–C) groups is 2. The lowest BCUT2D eigenvalue weighted by molar-refractivity contribution is -0.0221. The Morgan fingerprint density at radius 1 is 0.789 bits per heavy atom. The molecule has 0 amide bonds. The van der Waals surface area contributed by atoms with E-state index >= 15 is 4.39 Å². The second kappa shape index (κ2) is 13.7. The molecule has 19 heteroatoms. The molecule has 1 fully saturated rings. The van der Waals surface area contributed by atoms with Gasteiger partial charge in [0.15, 0.2) is 22.2 Å². The zero-order valence-electron chi connectivity index (χ0n) is 29.2. The van der Waals surface area contributed by atoms with Gasteiger partial charge in [-0.3, -0.25) is 0 Å². The Morgan fingerprint density at radius 2 is 1.47 bits per heavy atom. The van der Waals surface area contributed by atoms with Gasteiger partial charge < -0.3 is 30.6 Å². The highest BCUT2D eigenvalue weighted by atomic mass is 79.9. The lowest BCUT2D eigenvalue weighted by Crippen LogP contribution is -2.40. The molecule has 8 heterocycles. The highest BCUT2D eigenvalue weighted by Gasteiger charge is 2.50. The summed E-state index contributed by atoms with van der Waals surface area (Å²) in [4.78, 5) is 22.1. The summed E-state index contributed by atoms with van der Waals surface area (Å²) in [6.45, 7) is 0.235. The maximum atomic E-state index is 15.3. The summed E-state index contributed by atoms with van der Waals surface area (Å²) in [6, 6.07) is 16.9. The molecule has 10 rings (SSSR count). The van der Waals surface area contributed by atoms with Crippen molar-refractivity contribution >= 4 is 56.3 Å². The first-order valence-electron chi connectivity index (χ1n) is 17.3. The number of fused-ring (bicyclic) bond motifs is 8. The standard InChI is InChI=1S/C24H19F4N5OS.C14H8BrClFN3O2/c25-20-14(2-1-7-30-20)13-3-4-17-15(10-13)24(12-35-22(29)32-24)16-11-18(31-21(26)19(16)34-17)33-8-5-23(27,28)6-9-33;15-6-1-2-9-7(3-6)14(5-21-13(18)20-14)8-4-10(16)19-12(17)11(8)22-9/h1-4,7,10-11H,5-6,8-9,12H2,(H2,29,32);1-4H,5H2,(H2,18,20)/t24-;14-/m00/s1. The molecule has 2 spiro atoms. The lowest BCUT2D eigenvalue weighted by atomic mass is 9.81. The van der Waals surface area contributed by atoms with Gasteiger partial charge in [0.05, 0.1) is 0 Å². The minimum absolute atomic E-state index is 0.0124. The van der Waals surface area contributed by atoms with Crippen LogP contribution in [0.5, 0.6) is 23.0 Å². The molecule has 5 aliphatic heterocycles. The molecular weight excluding hydrogens is 859 g/mol. The van der Waals surface area contributed by atoms with Crippen LogP contribution in [0.4, 0.5) is 27.8 Å². The number of anilines is 1. The summed E-state index contributed by atoms with van der Waals surface area (Å²) in [5.74, 6) is -3.68. The van der Waals surface area contributed by atoms with Gasteiger partial charge in [-0.15, -0.1) is 0 Å². The topological polar surface area (TPSA) is 146 Å². The van der Waals surface area contributed by atoms with Crippen molar-refractivity contribution in [1.82, 2.24) is 15.0 Å². The van der Waals surface area contributed by atoms with Crippen molar-refractivity contribution < 1.29 is 36.2 Å². The number of nitrogens with zero attached hydrogens (tertiary/aromatic N) is 6. The lowest BCUT2D eigenvalue weighted by Gasteiger charge is -2.37. The highest BCUT2D eigenvalue weighted by Crippen LogP contribution is 2.55. The summed E-state index contributed by atoms with van der Waals surface area (Å²) in [6.07, 6.45) is 0.697. The van der Waals surface area contributed by atoms with Gasteiger partial charge in [-0.05, 0) is 60.2 Å². The maximum Gasteiger partial charge on any atom is 0.283 e. The van der Waals surface area contributed by atoms with Gasteiger partial charge in [0.2, 0.25) is 5.95 Å². The molecule has 4 N–H and O–H groups in total. The first-order chi connectivity index (χ1) is 27.2. The van der Waals surface area contributed by atoms with Crippen molar-refractivity contribution in [2.24, 2.45) is 21.5 Å². The van der Waals surface area contributed by atoms with E-state index < -0.39 is 34.8 Å². The number of alkyl halides is 2. The molecule has 0 unspecified atom stereocenters. The fourth-order valence-electron chi connectivity index (χ4n) is 7.55. The van der Waals surface area contributed by atoms with Crippen LogP contribution >= 0.6 is 39.3 Å². The molecule has 0 bridgehead atoms. The van der Waals surface area contributed by atoms with Crippen molar-refractivity contribution in [3.8, 4) is 34.1 Å². The van der Waals surface area contributed by atoms with E-state index in [4.69, 9.17) is 42.3 Å². The quantitative estimate of drug-likeness (QED) is 0.131. The number of thioether (sulfide) groups is 1. The number of benzene rings is 2. The Balaban J connectivity index is 0.000000165. The van der Waals surface area contributed by atoms with Crippen molar-refractivity contribution in [2.45, 2.75) is 29.8 Å². The third kappa shape index (κ3) is 6.37. The van der Waals surface area contributed by atoms with Crippen LogP contribution in [0, 0.1) is 17.8 Å². The van der Waals surface area contributed by atoms with Gasteiger partial charge in [0, 0.05) is 70.2 Å². The Bertz CT molecular complexity index is 2560. The Kier molecular flexibility index (Phi) is 9.00. The van der Waals surface area contributed by atoms with E-state index in [2.05, 4.69) is 35.9 Å². The monoisotopic (exact) mass is 884 g/mol. The Hall–Kier alpha value is -5.20. The van der Waals surface area contributed by atoms with Crippen molar-refractivity contribution in [1.29, 1.82) is 0 Å². The molecular formula is C38H27BrClF5N8O3S. The fraction of sp³-hybridized carbons (Fsp3) is 0.237. The number of aromatic nitrogens is 3. The molecule has 0 aliphatic carbocycles. The first-order valence-corrected chi connectivity index (χ1v) is 19.5. The summed E-state index contributed by atoms with van der Waals surface area (Å²) in [5, 5.41) is 0.330. The zero-order chi connectivity index (χ0) is 39.9. The number of halogens is 7. The van der Waals surface area contributed by atoms with Crippen LogP contribution in [0.3, 0.4) is 0 Å². The zero-order valence-corrected chi connectivity index (χ0v) is 32.4. The number of piperidine rings is 1. The first kappa shape index (κ1) is 37.4. The average Bonchev–Trinajstić information content (AvgIpc) is 3.77. The van der Waals surface area contributed by atoms with Gasteiger partial charge >= 0.3 is 0 Å². The summed E-state index contributed by atoms with van der Waals surface area (Å²) < 4.78 is 89.1. The van der Waals surface area contributed by atoms with E-state index in [9.17, 15) is 17.6 Å². The van der Waals surface area contributed by atoms with E-state index in [1.807, 2.05) is 6.07 Å². The number of pyridine rings is 3. The minimum atomic E-state index is -2.74. The molecule has 11 nitrogen and oxygen atoms in total. The Labute approximate surface area is 338 Å². The smallest absolute Gasteiger partial charge is 0.283 e. The number of amidine groups is 2. The SMILES string of the molecule is NC1=N[C@@]2(CO1)c1cc(Br)ccc1Oc1c2cc(Cl)nc1F.NC1=N[C@@]2(CS1)c1cc(-c3cccnc3F)ccc1Oc1c2cc(N2CCC(F)(F)CC2)nc1F. The Morgan fingerprint density at radius 3 is 2.14 bits per heavy atom. The third-order valence-electron chi connectivity index (χ3n) is 10.3. The number of nitrogens with two attached hydrogens (primary N) is 2. The molecule has 0 saturated carbocycles. The van der Waals surface area contributed by atoms with Crippen molar-refractivity contribution in [3.05, 3.63) is 117 Å². The summed E-state index contributed by atoms with van der Waals surface area (Å²) in [7, 11) is 0. The third-order valence-corrected chi connectivity index (χ3v) is 11.9. The van der Waals surface area contributed by atoms with Crippen LogP contribution in [0.2, 0.25) is 5.15 Å². The molecule has 57 heavy (non-hydrogen) atoms.